The van der Waals surface area contributed by atoms with Gasteiger partial charge in [-0.1, -0.05) is 27.2 Å². The Hall–Kier alpha value is -0.760. The maximum atomic E-state index is 5.30. The van der Waals surface area contributed by atoms with E-state index in [1.807, 2.05) is 12.1 Å². The average molecular weight is 209 g/mol. The fourth-order valence-corrected chi connectivity index (χ4v) is 1.70. The quantitative estimate of drug-likeness (QED) is 0.742. The standard InChI is InChI=1S/C13H23NO/c1-4-11(3)9-12(5-2)14-10-13-7-6-8-15-13/h6-8,11-12,14H,4-5,9-10H2,1-3H3/t11-,12-/m1/s1. The molecule has 0 aliphatic carbocycles. The average Bonchev–Trinajstić information content (AvgIpc) is 2.76. The minimum atomic E-state index is 0.616. The molecular formula is C13H23NO. The van der Waals surface area contributed by atoms with E-state index in [4.69, 9.17) is 4.42 Å². The molecule has 1 rings (SSSR count). The van der Waals surface area contributed by atoms with Crippen LogP contribution in [0.15, 0.2) is 22.8 Å². The molecule has 2 heteroatoms. The molecule has 0 radical (unpaired) electrons. The Morgan fingerprint density at radius 3 is 2.67 bits per heavy atom. The van der Waals surface area contributed by atoms with Crippen LogP contribution in [0.3, 0.4) is 0 Å². The van der Waals surface area contributed by atoms with Gasteiger partial charge >= 0.3 is 0 Å². The summed E-state index contributed by atoms with van der Waals surface area (Å²) in [5, 5.41) is 3.54. The van der Waals surface area contributed by atoms with Crippen molar-refractivity contribution in [2.75, 3.05) is 0 Å². The van der Waals surface area contributed by atoms with Crippen LogP contribution < -0.4 is 5.32 Å². The van der Waals surface area contributed by atoms with Crippen molar-refractivity contribution in [3.63, 3.8) is 0 Å². The van der Waals surface area contributed by atoms with E-state index in [0.29, 0.717) is 6.04 Å². The third-order valence-electron chi connectivity index (χ3n) is 3.02. The van der Waals surface area contributed by atoms with Crippen LogP contribution in [0, 0.1) is 5.92 Å². The smallest absolute Gasteiger partial charge is 0.117 e. The van der Waals surface area contributed by atoms with Crippen LogP contribution in [0.5, 0.6) is 0 Å². The van der Waals surface area contributed by atoms with Crippen molar-refractivity contribution >= 4 is 0 Å². The number of hydrogen-bond acceptors (Lipinski definition) is 2. The largest absolute Gasteiger partial charge is 0.468 e. The Kier molecular flexibility index (Phi) is 5.48. The van der Waals surface area contributed by atoms with Gasteiger partial charge in [0.2, 0.25) is 0 Å². The van der Waals surface area contributed by atoms with Crippen LogP contribution in [0.2, 0.25) is 0 Å². The summed E-state index contributed by atoms with van der Waals surface area (Å²) in [6.07, 6.45) is 5.43. The Morgan fingerprint density at radius 2 is 2.13 bits per heavy atom. The maximum absolute atomic E-state index is 5.30. The molecule has 0 unspecified atom stereocenters. The van der Waals surface area contributed by atoms with Gasteiger partial charge in [-0.15, -0.1) is 0 Å². The van der Waals surface area contributed by atoms with Crippen LogP contribution in [-0.2, 0) is 6.54 Å². The van der Waals surface area contributed by atoms with Gasteiger partial charge in [0.1, 0.15) is 5.76 Å². The van der Waals surface area contributed by atoms with Gasteiger partial charge in [0.05, 0.1) is 12.8 Å². The van der Waals surface area contributed by atoms with Crippen LogP contribution in [0.1, 0.15) is 45.8 Å². The summed E-state index contributed by atoms with van der Waals surface area (Å²) in [6, 6.07) is 4.57. The first-order valence-corrected chi connectivity index (χ1v) is 6.02. The highest BCUT2D eigenvalue weighted by atomic mass is 16.3. The van der Waals surface area contributed by atoms with E-state index in [-0.39, 0.29) is 0 Å². The molecule has 2 nitrogen and oxygen atoms in total. The first-order valence-electron chi connectivity index (χ1n) is 6.02. The lowest BCUT2D eigenvalue weighted by Crippen LogP contribution is -2.29. The molecule has 1 aromatic heterocycles. The molecule has 0 saturated carbocycles. The molecule has 86 valence electrons. The first-order chi connectivity index (χ1) is 7.26. The van der Waals surface area contributed by atoms with E-state index in [9.17, 15) is 0 Å². The summed E-state index contributed by atoms with van der Waals surface area (Å²) < 4.78 is 5.30. The van der Waals surface area contributed by atoms with Gasteiger partial charge in [0.15, 0.2) is 0 Å². The molecule has 0 spiro atoms. The second-order valence-corrected chi connectivity index (χ2v) is 4.31. The fraction of sp³-hybridized carbons (Fsp3) is 0.692. The first kappa shape index (κ1) is 12.3. The third kappa shape index (κ3) is 4.52. The lowest BCUT2D eigenvalue weighted by Gasteiger charge is -2.19. The Bertz CT molecular complexity index is 243. The molecule has 1 aromatic rings. The van der Waals surface area contributed by atoms with Gasteiger partial charge < -0.3 is 9.73 Å². The second kappa shape index (κ2) is 6.67. The highest BCUT2D eigenvalue weighted by Gasteiger charge is 2.10. The lowest BCUT2D eigenvalue weighted by atomic mass is 9.98. The highest BCUT2D eigenvalue weighted by molar-refractivity contribution is 4.97. The SMILES string of the molecule is CC[C@@H](C)C[C@@H](CC)NCc1ccco1. The molecule has 0 amide bonds. The molecule has 0 fully saturated rings. The second-order valence-electron chi connectivity index (χ2n) is 4.31. The highest BCUT2D eigenvalue weighted by Crippen LogP contribution is 2.12. The van der Waals surface area contributed by atoms with Crippen molar-refractivity contribution in [3.05, 3.63) is 24.2 Å². The zero-order chi connectivity index (χ0) is 11.1. The molecule has 1 heterocycles. The number of nitrogens with one attached hydrogen (secondary N) is 1. The molecular weight excluding hydrogens is 186 g/mol. The number of rotatable bonds is 7. The summed E-state index contributed by atoms with van der Waals surface area (Å²) in [6.45, 7) is 7.66. The zero-order valence-electron chi connectivity index (χ0n) is 10.1. The molecule has 0 aliphatic rings. The minimum Gasteiger partial charge on any atom is -0.468 e. The van der Waals surface area contributed by atoms with Crippen LogP contribution in [-0.4, -0.2) is 6.04 Å². The monoisotopic (exact) mass is 209 g/mol. The summed E-state index contributed by atoms with van der Waals surface area (Å²) in [5.74, 6) is 1.83. The molecule has 0 bridgehead atoms. The molecule has 2 atom stereocenters. The lowest BCUT2D eigenvalue weighted by molar-refractivity contribution is 0.367. The van der Waals surface area contributed by atoms with E-state index in [1.54, 1.807) is 6.26 Å². The van der Waals surface area contributed by atoms with E-state index in [0.717, 1.165) is 18.2 Å². The molecule has 0 aromatic carbocycles. The summed E-state index contributed by atoms with van der Waals surface area (Å²) in [5.41, 5.74) is 0. The molecule has 0 saturated heterocycles. The van der Waals surface area contributed by atoms with Gasteiger partial charge in [-0.2, -0.15) is 0 Å². The van der Waals surface area contributed by atoms with Crippen molar-refractivity contribution in [1.29, 1.82) is 0 Å². The van der Waals surface area contributed by atoms with E-state index in [2.05, 4.69) is 26.1 Å². The number of furan rings is 1. The van der Waals surface area contributed by atoms with Gasteiger partial charge in [-0.25, -0.2) is 0 Å². The Labute approximate surface area is 93.1 Å². The summed E-state index contributed by atoms with van der Waals surface area (Å²) in [4.78, 5) is 0. The van der Waals surface area contributed by atoms with Gasteiger partial charge in [0, 0.05) is 6.04 Å². The zero-order valence-corrected chi connectivity index (χ0v) is 10.1. The van der Waals surface area contributed by atoms with Crippen LogP contribution in [0.4, 0.5) is 0 Å². The maximum Gasteiger partial charge on any atom is 0.117 e. The summed E-state index contributed by atoms with van der Waals surface area (Å²) >= 11 is 0. The predicted octanol–water partition coefficient (Wildman–Crippen LogP) is 3.58. The van der Waals surface area contributed by atoms with Crippen molar-refractivity contribution in [1.82, 2.24) is 5.32 Å². The van der Waals surface area contributed by atoms with Crippen LogP contribution >= 0.6 is 0 Å². The van der Waals surface area contributed by atoms with E-state index in [1.165, 1.54) is 19.3 Å². The molecule has 15 heavy (non-hydrogen) atoms. The van der Waals surface area contributed by atoms with Crippen molar-refractivity contribution in [2.24, 2.45) is 5.92 Å². The topological polar surface area (TPSA) is 25.2 Å². The Morgan fingerprint density at radius 1 is 1.33 bits per heavy atom. The molecule has 1 N–H and O–H groups in total. The van der Waals surface area contributed by atoms with Gasteiger partial charge in [-0.05, 0) is 30.9 Å². The van der Waals surface area contributed by atoms with Gasteiger partial charge in [-0.3, -0.25) is 0 Å². The van der Waals surface area contributed by atoms with Crippen molar-refractivity contribution < 1.29 is 4.42 Å². The Balaban J connectivity index is 2.27. The third-order valence-corrected chi connectivity index (χ3v) is 3.02. The van der Waals surface area contributed by atoms with E-state index < -0.39 is 0 Å². The minimum absolute atomic E-state index is 0.616. The van der Waals surface area contributed by atoms with Crippen molar-refractivity contribution in [2.45, 2.75) is 52.6 Å². The fourth-order valence-electron chi connectivity index (χ4n) is 1.70. The van der Waals surface area contributed by atoms with E-state index >= 15 is 0 Å². The predicted molar refractivity (Wildman–Crippen MR) is 63.7 cm³/mol. The molecule has 0 aliphatic heterocycles. The summed E-state index contributed by atoms with van der Waals surface area (Å²) in [7, 11) is 0. The van der Waals surface area contributed by atoms with Gasteiger partial charge in [0.25, 0.3) is 0 Å². The number of hydrogen-bond donors (Lipinski definition) is 1. The van der Waals surface area contributed by atoms with Crippen LogP contribution in [0.25, 0.3) is 0 Å². The normalized spacial score (nSPS) is 15.1. The van der Waals surface area contributed by atoms with Crippen molar-refractivity contribution in [3.8, 4) is 0 Å².